The number of aromatic nitrogens is 1. The van der Waals surface area contributed by atoms with Crippen LogP contribution in [0.25, 0.3) is 10.2 Å². The number of hydrogen-bond acceptors (Lipinski definition) is 10. The van der Waals surface area contributed by atoms with Gasteiger partial charge in [0.2, 0.25) is 5.91 Å². The van der Waals surface area contributed by atoms with Crippen molar-refractivity contribution in [2.24, 2.45) is 4.99 Å². The molecule has 0 bridgehead atoms. The second-order valence-corrected chi connectivity index (χ2v) is 13.6. The summed E-state index contributed by atoms with van der Waals surface area (Å²) in [6.07, 6.45) is 2.32. The molecule has 208 valence electrons. The van der Waals surface area contributed by atoms with Gasteiger partial charge in [-0.1, -0.05) is 27.3 Å². The van der Waals surface area contributed by atoms with Crippen LogP contribution in [0.4, 0.5) is 5.00 Å². The number of thiophene rings is 1. The lowest BCUT2D eigenvalue weighted by Crippen LogP contribution is -2.29. The molecule has 3 aromatic rings. The Balaban J connectivity index is 1.52. The molecule has 0 radical (unpaired) electrons. The van der Waals surface area contributed by atoms with Gasteiger partial charge in [0.05, 0.1) is 29.5 Å². The summed E-state index contributed by atoms with van der Waals surface area (Å²) >= 11 is 5.70. The number of anilines is 1. The maximum atomic E-state index is 12.7. The number of sulfone groups is 1. The van der Waals surface area contributed by atoms with Crippen molar-refractivity contribution in [2.45, 2.75) is 32.7 Å². The molecule has 2 aromatic heterocycles. The summed E-state index contributed by atoms with van der Waals surface area (Å²) in [5, 5.41) is 2.74. The Morgan fingerprint density at radius 1 is 1.15 bits per heavy atom. The van der Waals surface area contributed by atoms with Crippen molar-refractivity contribution in [3.8, 4) is 0 Å². The van der Waals surface area contributed by atoms with Gasteiger partial charge < -0.3 is 19.4 Å². The highest BCUT2D eigenvalue weighted by molar-refractivity contribution is 9.10. The van der Waals surface area contributed by atoms with Crippen molar-refractivity contribution in [2.75, 3.05) is 30.5 Å². The number of nitrogens with zero attached hydrogens (tertiary/aromatic N) is 2. The van der Waals surface area contributed by atoms with E-state index in [0.717, 1.165) is 39.1 Å². The van der Waals surface area contributed by atoms with E-state index in [-0.39, 0.29) is 28.5 Å². The number of hydrogen-bond donors (Lipinski definition) is 1. The first kappa shape index (κ1) is 29.1. The Morgan fingerprint density at radius 2 is 1.92 bits per heavy atom. The van der Waals surface area contributed by atoms with Gasteiger partial charge in [0, 0.05) is 9.35 Å². The second kappa shape index (κ2) is 12.1. The molecule has 1 N–H and O–H groups in total. The molecule has 1 aliphatic carbocycles. The van der Waals surface area contributed by atoms with Crippen LogP contribution in [0.2, 0.25) is 0 Å². The molecule has 0 unspecified atom stereocenters. The van der Waals surface area contributed by atoms with E-state index in [1.165, 1.54) is 23.0 Å². The highest BCUT2D eigenvalue weighted by Gasteiger charge is 2.29. The number of ether oxygens (including phenoxy) is 2. The molecule has 11 nitrogen and oxygen atoms in total. The topological polar surface area (TPSA) is 150 Å². The monoisotopic (exact) mass is 657 g/mol. The Hall–Kier alpha value is -2.88. The minimum absolute atomic E-state index is 0.122. The van der Waals surface area contributed by atoms with Gasteiger partial charge in [0.15, 0.2) is 14.6 Å². The van der Waals surface area contributed by atoms with Crippen LogP contribution in [0.3, 0.4) is 0 Å². The Bertz CT molecular complexity index is 1650. The standard InChI is InChI=1S/C24H24BrN3O8S3/c1-3-36-20(31)10-28-15-8-7-13(25)9-17(15)38-24(28)27-19(30)12-39(33,34)11-18(29)26-22-21(23(32)35-2)14-5-4-6-16(14)37-22/h7-9H,3-6,10-12H2,1-2H3,(H,26,29). The highest BCUT2D eigenvalue weighted by Crippen LogP contribution is 2.39. The summed E-state index contributed by atoms with van der Waals surface area (Å²) < 4.78 is 38.2. The molecule has 0 saturated heterocycles. The van der Waals surface area contributed by atoms with E-state index in [9.17, 15) is 27.6 Å². The molecule has 2 amide bonds. The van der Waals surface area contributed by atoms with Crippen molar-refractivity contribution in [1.82, 2.24) is 4.57 Å². The number of methoxy groups -OCH3 is 1. The summed E-state index contributed by atoms with van der Waals surface area (Å²) in [4.78, 5) is 54.7. The lowest BCUT2D eigenvalue weighted by molar-refractivity contribution is -0.143. The fraction of sp³-hybridized carbons (Fsp3) is 0.375. The molecular weight excluding hydrogens is 634 g/mol. The molecule has 2 heterocycles. The summed E-state index contributed by atoms with van der Waals surface area (Å²) in [5.41, 5.74) is 1.68. The largest absolute Gasteiger partial charge is 0.465 e. The molecule has 1 aromatic carbocycles. The van der Waals surface area contributed by atoms with E-state index in [1.54, 1.807) is 25.1 Å². The summed E-state index contributed by atoms with van der Waals surface area (Å²) in [7, 11) is -2.97. The van der Waals surface area contributed by atoms with Crippen LogP contribution in [-0.4, -0.2) is 62.0 Å². The predicted molar refractivity (Wildman–Crippen MR) is 150 cm³/mol. The number of aryl methyl sites for hydroxylation is 1. The van der Waals surface area contributed by atoms with Gasteiger partial charge in [-0.05, 0) is 49.9 Å². The van der Waals surface area contributed by atoms with Gasteiger partial charge in [-0.2, -0.15) is 4.99 Å². The molecule has 39 heavy (non-hydrogen) atoms. The van der Waals surface area contributed by atoms with Gasteiger partial charge in [-0.3, -0.25) is 14.4 Å². The maximum absolute atomic E-state index is 12.7. The van der Waals surface area contributed by atoms with Crippen LogP contribution >= 0.6 is 38.6 Å². The molecule has 0 atom stereocenters. The first-order valence-corrected chi connectivity index (χ1v) is 16.0. The third-order valence-corrected chi connectivity index (χ3v) is 9.85. The first-order valence-electron chi connectivity index (χ1n) is 11.8. The number of carbonyl (C=O) groups is 4. The number of carbonyl (C=O) groups excluding carboxylic acids is 4. The van der Waals surface area contributed by atoms with E-state index < -0.39 is 45.1 Å². The van der Waals surface area contributed by atoms with Crippen LogP contribution < -0.4 is 10.1 Å². The maximum Gasteiger partial charge on any atom is 0.341 e. The SMILES string of the molecule is CCOC(=O)Cn1c(=NC(=O)CS(=O)(=O)CC(=O)Nc2sc3c(c2C(=O)OC)CCC3)sc2cc(Br)ccc21. The Morgan fingerprint density at radius 3 is 2.64 bits per heavy atom. The zero-order valence-corrected chi connectivity index (χ0v) is 25.0. The molecule has 0 saturated carbocycles. The lowest BCUT2D eigenvalue weighted by atomic mass is 10.1. The van der Waals surface area contributed by atoms with Gasteiger partial charge in [-0.15, -0.1) is 11.3 Å². The van der Waals surface area contributed by atoms with Gasteiger partial charge in [-0.25, -0.2) is 13.2 Å². The summed E-state index contributed by atoms with van der Waals surface area (Å²) in [5.74, 6) is -4.99. The number of esters is 2. The molecule has 0 aliphatic heterocycles. The molecule has 0 spiro atoms. The number of nitrogens with one attached hydrogen (secondary N) is 1. The Kier molecular flexibility index (Phi) is 9.03. The average molecular weight is 659 g/mol. The lowest BCUT2D eigenvalue weighted by Gasteiger charge is -2.07. The fourth-order valence-corrected chi connectivity index (χ4v) is 8.08. The van der Waals surface area contributed by atoms with Crippen LogP contribution in [0.5, 0.6) is 0 Å². The smallest absolute Gasteiger partial charge is 0.341 e. The fourth-order valence-electron chi connectivity index (χ4n) is 4.17. The molecule has 4 rings (SSSR count). The van der Waals surface area contributed by atoms with Gasteiger partial charge >= 0.3 is 11.9 Å². The molecule has 15 heteroatoms. The van der Waals surface area contributed by atoms with E-state index in [0.29, 0.717) is 16.6 Å². The van der Waals surface area contributed by atoms with Crippen LogP contribution in [-0.2, 0) is 53.1 Å². The first-order chi connectivity index (χ1) is 18.5. The van der Waals surface area contributed by atoms with Crippen molar-refractivity contribution in [3.05, 3.63) is 43.5 Å². The van der Waals surface area contributed by atoms with Crippen molar-refractivity contribution in [1.29, 1.82) is 0 Å². The number of benzene rings is 1. The third-order valence-electron chi connectivity index (χ3n) is 5.72. The Labute approximate surface area is 239 Å². The van der Waals surface area contributed by atoms with E-state index in [2.05, 4.69) is 26.2 Å². The normalized spacial score (nSPS) is 13.4. The van der Waals surface area contributed by atoms with Crippen LogP contribution in [0.15, 0.2) is 27.7 Å². The molecule has 0 fully saturated rings. The van der Waals surface area contributed by atoms with Crippen molar-refractivity contribution < 1.29 is 37.1 Å². The number of thiazole rings is 1. The molecular formula is C24H24BrN3O8S3. The number of halogens is 1. The van der Waals surface area contributed by atoms with Crippen molar-refractivity contribution in [3.63, 3.8) is 0 Å². The summed E-state index contributed by atoms with van der Waals surface area (Å²) in [6, 6.07) is 5.29. The van der Waals surface area contributed by atoms with E-state index in [1.807, 2.05) is 0 Å². The minimum Gasteiger partial charge on any atom is -0.465 e. The van der Waals surface area contributed by atoms with E-state index >= 15 is 0 Å². The zero-order chi connectivity index (χ0) is 28.3. The quantitative estimate of drug-likeness (QED) is 0.345. The van der Waals surface area contributed by atoms with Crippen LogP contribution in [0.1, 0.15) is 34.1 Å². The number of amides is 2. The average Bonchev–Trinajstić information content (AvgIpc) is 3.51. The van der Waals surface area contributed by atoms with Gasteiger partial charge in [0.1, 0.15) is 23.1 Å². The highest BCUT2D eigenvalue weighted by atomic mass is 79.9. The van der Waals surface area contributed by atoms with Crippen LogP contribution in [0, 0.1) is 0 Å². The summed E-state index contributed by atoms with van der Waals surface area (Å²) in [6.45, 7) is 1.63. The predicted octanol–water partition coefficient (Wildman–Crippen LogP) is 2.85. The minimum atomic E-state index is -4.21. The third kappa shape index (κ3) is 6.83. The van der Waals surface area contributed by atoms with Gasteiger partial charge in [0.25, 0.3) is 5.91 Å². The second-order valence-electron chi connectivity index (χ2n) is 8.53. The molecule has 1 aliphatic rings. The number of fused-ring (bicyclic) bond motifs is 2. The van der Waals surface area contributed by atoms with Crippen molar-refractivity contribution >= 4 is 87.4 Å². The van der Waals surface area contributed by atoms with E-state index in [4.69, 9.17) is 9.47 Å². The zero-order valence-electron chi connectivity index (χ0n) is 20.9. The number of rotatable bonds is 9.